The molecule has 1 aromatic rings. The quantitative estimate of drug-likeness (QED) is 0.774. The van der Waals surface area contributed by atoms with Gasteiger partial charge in [-0.1, -0.05) is 17.6 Å². The van der Waals surface area contributed by atoms with Crippen LogP contribution in [-0.2, 0) is 9.31 Å². The zero-order valence-corrected chi connectivity index (χ0v) is 12.8. The molecule has 0 bridgehead atoms. The molecule has 102 valence electrons. The molecule has 0 saturated carbocycles. The summed E-state index contributed by atoms with van der Waals surface area (Å²) in [4.78, 5) is 4.29. The Morgan fingerprint density at radius 2 is 1.79 bits per heavy atom. The van der Waals surface area contributed by atoms with Crippen LogP contribution in [-0.4, -0.2) is 23.3 Å². The van der Waals surface area contributed by atoms with Gasteiger partial charge in [0, 0.05) is 11.2 Å². The summed E-state index contributed by atoms with van der Waals surface area (Å²) in [6, 6.07) is 1.78. The van der Waals surface area contributed by atoms with E-state index in [1.54, 1.807) is 12.3 Å². The van der Waals surface area contributed by atoms with E-state index in [-0.39, 0.29) is 18.3 Å². The normalized spacial score (nSPS) is 21.3. The third-order valence-corrected chi connectivity index (χ3v) is 4.27. The highest BCUT2D eigenvalue weighted by molar-refractivity contribution is 6.52. The second-order valence-corrected chi connectivity index (χ2v) is 6.19. The molecule has 1 aromatic heterocycles. The summed E-state index contributed by atoms with van der Waals surface area (Å²) >= 11 is 6.06. The zero-order chi connectivity index (χ0) is 14.3. The molecule has 0 spiro atoms. The lowest BCUT2D eigenvalue weighted by Crippen LogP contribution is -2.41. The van der Waals surface area contributed by atoms with E-state index in [4.69, 9.17) is 20.9 Å². The maximum absolute atomic E-state index is 6.06. The third kappa shape index (κ3) is 2.86. The predicted molar refractivity (Wildman–Crippen MR) is 79.1 cm³/mol. The molecule has 0 unspecified atom stereocenters. The van der Waals surface area contributed by atoms with Crippen molar-refractivity contribution in [1.29, 1.82) is 0 Å². The Balaban J connectivity index is 2.15. The van der Waals surface area contributed by atoms with Crippen molar-refractivity contribution >= 4 is 24.8 Å². The summed E-state index contributed by atoms with van der Waals surface area (Å²) in [5, 5.41) is 0.712. The van der Waals surface area contributed by atoms with E-state index in [1.807, 2.05) is 46.7 Å². The molecule has 3 nitrogen and oxygen atoms in total. The number of hydrogen-bond acceptors (Lipinski definition) is 3. The number of hydrogen-bond donors (Lipinski definition) is 0. The van der Waals surface area contributed by atoms with Gasteiger partial charge in [0.25, 0.3) is 0 Å². The Morgan fingerprint density at radius 1 is 1.21 bits per heavy atom. The summed E-state index contributed by atoms with van der Waals surface area (Å²) < 4.78 is 11.8. The fraction of sp³-hybridized carbons (Fsp3) is 0.500. The minimum absolute atomic E-state index is 0.321. The molecule has 1 saturated heterocycles. The van der Waals surface area contributed by atoms with Crippen LogP contribution in [0.15, 0.2) is 18.2 Å². The maximum atomic E-state index is 6.06. The molecule has 1 aliphatic heterocycles. The van der Waals surface area contributed by atoms with Crippen LogP contribution in [0.2, 0.25) is 5.02 Å². The Kier molecular flexibility index (Phi) is 3.78. The first-order valence-corrected chi connectivity index (χ1v) is 6.76. The molecule has 19 heavy (non-hydrogen) atoms. The summed E-state index contributed by atoms with van der Waals surface area (Å²) in [7, 11) is -0.356. The highest BCUT2D eigenvalue weighted by Gasteiger charge is 2.50. The summed E-state index contributed by atoms with van der Waals surface area (Å²) in [6.45, 7) is 10.1. The Hall–Kier alpha value is -0.835. The van der Waals surface area contributed by atoms with Gasteiger partial charge in [0.2, 0.25) is 0 Å². The van der Waals surface area contributed by atoms with Crippen LogP contribution in [0.4, 0.5) is 0 Å². The monoisotopic (exact) mass is 279 g/mol. The van der Waals surface area contributed by atoms with Gasteiger partial charge < -0.3 is 9.31 Å². The van der Waals surface area contributed by atoms with Crippen molar-refractivity contribution in [3.8, 4) is 0 Å². The molecule has 1 fully saturated rings. The van der Waals surface area contributed by atoms with Gasteiger partial charge in [0.15, 0.2) is 0 Å². The number of aromatic nitrogens is 1. The van der Waals surface area contributed by atoms with Crippen molar-refractivity contribution in [1.82, 2.24) is 4.98 Å². The van der Waals surface area contributed by atoms with Gasteiger partial charge in [-0.2, -0.15) is 0 Å². The largest absolute Gasteiger partial charge is 0.487 e. The molecule has 5 heteroatoms. The van der Waals surface area contributed by atoms with Crippen LogP contribution in [0.5, 0.6) is 0 Å². The topological polar surface area (TPSA) is 31.4 Å². The third-order valence-electron chi connectivity index (χ3n) is 3.86. The van der Waals surface area contributed by atoms with Crippen LogP contribution < -0.4 is 0 Å². The van der Waals surface area contributed by atoms with Crippen LogP contribution in [0.25, 0.3) is 6.08 Å². The predicted octanol–water partition coefficient (Wildman–Crippen LogP) is 3.69. The first-order valence-electron chi connectivity index (χ1n) is 6.38. The van der Waals surface area contributed by atoms with Crippen molar-refractivity contribution < 1.29 is 9.31 Å². The van der Waals surface area contributed by atoms with Gasteiger partial charge in [0.1, 0.15) is 0 Å². The van der Waals surface area contributed by atoms with Crippen LogP contribution >= 0.6 is 11.6 Å². The molecular weight excluding hydrogens is 260 g/mol. The van der Waals surface area contributed by atoms with Gasteiger partial charge in [0.05, 0.1) is 16.9 Å². The minimum atomic E-state index is -0.356. The van der Waals surface area contributed by atoms with E-state index in [0.29, 0.717) is 5.02 Å². The van der Waals surface area contributed by atoms with Crippen LogP contribution in [0.1, 0.15) is 39.0 Å². The lowest BCUT2D eigenvalue weighted by Gasteiger charge is -2.32. The average Bonchev–Trinajstić information content (AvgIpc) is 2.50. The Morgan fingerprint density at radius 3 is 2.37 bits per heavy atom. The van der Waals surface area contributed by atoms with Crippen molar-refractivity contribution in [3.05, 3.63) is 34.5 Å². The van der Waals surface area contributed by atoms with E-state index in [2.05, 4.69) is 4.98 Å². The number of halogens is 1. The van der Waals surface area contributed by atoms with Crippen LogP contribution in [0, 0.1) is 6.92 Å². The number of nitrogens with zero attached hydrogens (tertiary/aromatic N) is 1. The second-order valence-electron chi connectivity index (χ2n) is 5.79. The fourth-order valence-electron chi connectivity index (χ4n) is 1.83. The van der Waals surface area contributed by atoms with E-state index < -0.39 is 0 Å². The second kappa shape index (κ2) is 4.93. The summed E-state index contributed by atoms with van der Waals surface area (Å²) in [5.74, 6) is 1.88. The van der Waals surface area contributed by atoms with Gasteiger partial charge in [-0.05, 0) is 52.3 Å². The van der Waals surface area contributed by atoms with Gasteiger partial charge in [-0.3, -0.25) is 4.98 Å². The standard InChI is InChI=1S/C14H19BClNO2/c1-10-11(16)7-9-17-12(10)6-8-15-18-13(2,3)14(4,5)19-15/h6-9H,1-5H3/b8-6+. The SMILES string of the molecule is Cc1c(Cl)ccnc1/C=C/B1OC(C)(C)C(C)(C)O1. The molecule has 0 radical (unpaired) electrons. The molecule has 0 aromatic carbocycles. The molecule has 0 amide bonds. The Labute approximate surface area is 120 Å². The van der Waals surface area contributed by atoms with Crippen LogP contribution in [0.3, 0.4) is 0 Å². The van der Waals surface area contributed by atoms with Gasteiger partial charge in [-0.15, -0.1) is 0 Å². The highest BCUT2D eigenvalue weighted by atomic mass is 35.5. The first-order chi connectivity index (χ1) is 8.73. The molecule has 0 aliphatic carbocycles. The zero-order valence-electron chi connectivity index (χ0n) is 12.0. The van der Waals surface area contributed by atoms with Crippen molar-refractivity contribution in [2.75, 3.05) is 0 Å². The van der Waals surface area contributed by atoms with Crippen molar-refractivity contribution in [2.45, 2.75) is 45.8 Å². The average molecular weight is 280 g/mol. The van der Waals surface area contributed by atoms with E-state index >= 15 is 0 Å². The van der Waals surface area contributed by atoms with Crippen molar-refractivity contribution in [3.63, 3.8) is 0 Å². The number of rotatable bonds is 2. The molecule has 0 N–H and O–H groups in total. The molecule has 1 aliphatic rings. The maximum Gasteiger partial charge on any atom is 0.487 e. The molecule has 2 heterocycles. The summed E-state index contributed by atoms with van der Waals surface area (Å²) in [5.41, 5.74) is 1.15. The Bertz CT molecular complexity index is 498. The lowest BCUT2D eigenvalue weighted by molar-refractivity contribution is 0.00578. The minimum Gasteiger partial charge on any atom is -0.400 e. The lowest BCUT2D eigenvalue weighted by atomic mass is 9.89. The van der Waals surface area contributed by atoms with Gasteiger partial charge in [-0.25, -0.2) is 0 Å². The molecule has 2 rings (SSSR count). The fourth-order valence-corrected chi connectivity index (χ4v) is 1.99. The van der Waals surface area contributed by atoms with Gasteiger partial charge >= 0.3 is 7.12 Å². The van der Waals surface area contributed by atoms with E-state index in [9.17, 15) is 0 Å². The smallest absolute Gasteiger partial charge is 0.400 e. The highest BCUT2D eigenvalue weighted by Crippen LogP contribution is 2.37. The molecule has 0 atom stereocenters. The van der Waals surface area contributed by atoms with E-state index in [0.717, 1.165) is 11.3 Å². The number of pyridine rings is 1. The summed E-state index contributed by atoms with van der Waals surface area (Å²) in [6.07, 6.45) is 3.59. The first kappa shape index (κ1) is 14.6. The molecular formula is C14H19BClNO2. The van der Waals surface area contributed by atoms with E-state index in [1.165, 1.54) is 0 Å². The van der Waals surface area contributed by atoms with Crippen molar-refractivity contribution in [2.24, 2.45) is 0 Å².